The van der Waals surface area contributed by atoms with Crippen LogP contribution in [0.2, 0.25) is 0 Å². The fourth-order valence-electron chi connectivity index (χ4n) is 2.61. The lowest BCUT2D eigenvalue weighted by molar-refractivity contribution is 1.40. The smallest absolute Gasteiger partial charge is 0.193 e. The standard InChI is InChI=1S/C18H31NSi2/c1-7-13-20(14-8-2,15-9-3)19-21(16-10-4,17-11-5)18-12-6/h7-19H,1-6H3. The Morgan fingerprint density at radius 3 is 0.762 bits per heavy atom. The molecule has 116 valence electrons. The number of hydrogen-bond acceptors (Lipinski definition) is 1. The third-order valence-corrected chi connectivity index (χ3v) is 11.9. The van der Waals surface area contributed by atoms with E-state index in [1.54, 1.807) is 0 Å². The second-order valence-electron chi connectivity index (χ2n) is 4.99. The van der Waals surface area contributed by atoms with E-state index < -0.39 is 16.5 Å². The average molecular weight is 318 g/mol. The van der Waals surface area contributed by atoms with Gasteiger partial charge in [-0.2, -0.15) is 0 Å². The molecule has 0 rings (SSSR count). The van der Waals surface area contributed by atoms with Crippen LogP contribution in [-0.2, 0) is 0 Å². The van der Waals surface area contributed by atoms with E-state index >= 15 is 0 Å². The van der Waals surface area contributed by atoms with Gasteiger partial charge in [0.2, 0.25) is 0 Å². The first-order valence-electron chi connectivity index (χ1n) is 7.70. The summed E-state index contributed by atoms with van der Waals surface area (Å²) in [5.41, 5.74) is 14.1. The molecule has 0 saturated heterocycles. The molecule has 0 aromatic rings. The van der Waals surface area contributed by atoms with Gasteiger partial charge in [0.15, 0.2) is 16.5 Å². The van der Waals surface area contributed by atoms with Crippen LogP contribution >= 0.6 is 0 Å². The predicted octanol–water partition coefficient (Wildman–Crippen LogP) is 5.16. The number of allylic oxidation sites excluding steroid dienone is 6. The molecule has 0 amide bonds. The molecule has 1 nitrogen and oxygen atoms in total. The van der Waals surface area contributed by atoms with E-state index in [0.29, 0.717) is 0 Å². The van der Waals surface area contributed by atoms with Crippen molar-refractivity contribution in [3.63, 3.8) is 0 Å². The Kier molecular flexibility index (Phi) is 9.96. The van der Waals surface area contributed by atoms with Gasteiger partial charge in [0.05, 0.1) is 0 Å². The molecule has 1 N–H and O–H groups in total. The minimum atomic E-state index is -1.93. The van der Waals surface area contributed by atoms with Crippen LogP contribution in [0.4, 0.5) is 0 Å². The fourth-order valence-corrected chi connectivity index (χ4v) is 11.6. The third-order valence-electron chi connectivity index (χ3n) is 3.09. The minimum Gasteiger partial charge on any atom is -0.340 e. The zero-order valence-corrected chi connectivity index (χ0v) is 16.4. The van der Waals surface area contributed by atoms with E-state index in [9.17, 15) is 0 Å². The molecule has 0 radical (unpaired) electrons. The molecule has 0 saturated carbocycles. The van der Waals surface area contributed by atoms with Crippen molar-refractivity contribution >= 4 is 16.5 Å². The van der Waals surface area contributed by atoms with Gasteiger partial charge in [-0.25, -0.2) is 0 Å². The van der Waals surface area contributed by atoms with Crippen molar-refractivity contribution in [1.82, 2.24) is 4.65 Å². The molecule has 21 heavy (non-hydrogen) atoms. The van der Waals surface area contributed by atoms with E-state index in [1.165, 1.54) is 0 Å². The third kappa shape index (κ3) is 6.42. The van der Waals surface area contributed by atoms with Crippen molar-refractivity contribution in [2.75, 3.05) is 0 Å². The Morgan fingerprint density at radius 1 is 0.429 bits per heavy atom. The summed E-state index contributed by atoms with van der Waals surface area (Å²) in [5, 5.41) is 0. The van der Waals surface area contributed by atoms with Crippen LogP contribution in [0.25, 0.3) is 0 Å². The zero-order valence-electron chi connectivity index (χ0n) is 14.4. The molecular formula is C18H31NSi2. The lowest BCUT2D eigenvalue weighted by Gasteiger charge is -2.33. The molecule has 0 heterocycles. The number of nitrogens with one attached hydrogen (secondary N) is 1. The van der Waals surface area contributed by atoms with Crippen molar-refractivity contribution in [2.24, 2.45) is 0 Å². The molecule has 0 aliphatic rings. The Morgan fingerprint density at radius 2 is 0.619 bits per heavy atom. The Balaban J connectivity index is 6.01. The summed E-state index contributed by atoms with van der Waals surface area (Å²) in [7, 11) is -3.85. The summed E-state index contributed by atoms with van der Waals surface area (Å²) in [6, 6.07) is 0. The Labute approximate surface area is 133 Å². The molecular weight excluding hydrogens is 286 g/mol. The van der Waals surface area contributed by atoms with Crippen LogP contribution in [-0.4, -0.2) is 16.5 Å². The van der Waals surface area contributed by atoms with E-state index in [1.807, 2.05) is 0 Å². The minimum absolute atomic E-state index is 1.93. The van der Waals surface area contributed by atoms with E-state index in [0.717, 1.165) is 0 Å². The first kappa shape index (κ1) is 19.8. The quantitative estimate of drug-likeness (QED) is 0.610. The highest BCUT2D eigenvalue weighted by molar-refractivity contribution is 7.05. The molecule has 0 aliphatic carbocycles. The second kappa shape index (κ2) is 10.5. The summed E-state index contributed by atoms with van der Waals surface area (Å²) in [6.45, 7) is 12.6. The van der Waals surface area contributed by atoms with Gasteiger partial charge in [-0.05, 0) is 41.5 Å². The van der Waals surface area contributed by atoms with Crippen molar-refractivity contribution in [3.8, 4) is 0 Å². The van der Waals surface area contributed by atoms with Crippen LogP contribution in [0, 0.1) is 0 Å². The van der Waals surface area contributed by atoms with Gasteiger partial charge in [-0.3, -0.25) is 0 Å². The summed E-state index contributed by atoms with van der Waals surface area (Å²) >= 11 is 0. The molecule has 0 unspecified atom stereocenters. The first-order valence-corrected chi connectivity index (χ1v) is 12.2. The maximum atomic E-state index is 4.04. The highest BCUT2D eigenvalue weighted by Crippen LogP contribution is 2.15. The van der Waals surface area contributed by atoms with Crippen LogP contribution in [0.15, 0.2) is 70.7 Å². The summed E-state index contributed by atoms with van der Waals surface area (Å²) in [4.78, 5) is 0. The van der Waals surface area contributed by atoms with Gasteiger partial charge in [-0.15, -0.1) is 0 Å². The van der Waals surface area contributed by atoms with Crippen LogP contribution in [0.3, 0.4) is 0 Å². The summed E-state index contributed by atoms with van der Waals surface area (Å²) in [6.07, 6.45) is 13.0. The van der Waals surface area contributed by atoms with Gasteiger partial charge >= 0.3 is 0 Å². The first-order chi connectivity index (χ1) is 10.1. The molecule has 0 bridgehead atoms. The lowest BCUT2D eigenvalue weighted by atomic mass is 10.8. The molecule has 0 atom stereocenters. The van der Waals surface area contributed by atoms with Crippen LogP contribution in [0.1, 0.15) is 41.5 Å². The zero-order chi connectivity index (χ0) is 16.2. The average Bonchev–Trinajstić information content (AvgIpc) is 2.40. The molecule has 0 aromatic carbocycles. The highest BCUT2D eigenvalue weighted by atomic mass is 28.4. The Hall–Kier alpha value is -1.17. The van der Waals surface area contributed by atoms with Gasteiger partial charge in [0.25, 0.3) is 0 Å². The van der Waals surface area contributed by atoms with Crippen molar-refractivity contribution in [2.45, 2.75) is 41.5 Å². The largest absolute Gasteiger partial charge is 0.340 e. The molecule has 0 spiro atoms. The van der Waals surface area contributed by atoms with E-state index in [2.05, 4.69) is 117 Å². The molecule has 0 aliphatic heterocycles. The summed E-state index contributed by atoms with van der Waals surface area (Å²) in [5.74, 6) is 0. The topological polar surface area (TPSA) is 12.0 Å². The number of hydrogen-bond donors (Lipinski definition) is 1. The van der Waals surface area contributed by atoms with Crippen LogP contribution in [0.5, 0.6) is 0 Å². The van der Waals surface area contributed by atoms with Gasteiger partial charge in [-0.1, -0.05) is 70.7 Å². The van der Waals surface area contributed by atoms with E-state index in [-0.39, 0.29) is 0 Å². The predicted molar refractivity (Wildman–Crippen MR) is 104 cm³/mol. The fraction of sp³-hybridized carbons (Fsp3) is 0.333. The Bertz CT molecular complexity index is 349. The van der Waals surface area contributed by atoms with Gasteiger partial charge in [0.1, 0.15) is 0 Å². The summed E-state index contributed by atoms with van der Waals surface area (Å²) < 4.78 is 4.04. The SMILES string of the molecule is CC=C[Si](C=CC)(C=CC)N[Si](C=CC)(C=CC)C=CC. The van der Waals surface area contributed by atoms with E-state index in [4.69, 9.17) is 0 Å². The highest BCUT2D eigenvalue weighted by Gasteiger charge is 2.34. The monoisotopic (exact) mass is 317 g/mol. The maximum Gasteiger partial charge on any atom is 0.193 e. The molecule has 0 fully saturated rings. The molecule has 0 aromatic heterocycles. The van der Waals surface area contributed by atoms with Gasteiger partial charge < -0.3 is 4.65 Å². The van der Waals surface area contributed by atoms with Crippen LogP contribution < -0.4 is 4.65 Å². The van der Waals surface area contributed by atoms with Gasteiger partial charge in [0, 0.05) is 0 Å². The van der Waals surface area contributed by atoms with Crippen molar-refractivity contribution in [3.05, 3.63) is 70.7 Å². The molecule has 3 heteroatoms. The van der Waals surface area contributed by atoms with Crippen molar-refractivity contribution < 1.29 is 0 Å². The lowest BCUT2D eigenvalue weighted by Crippen LogP contribution is -2.61. The number of rotatable bonds is 8. The second-order valence-corrected chi connectivity index (χ2v) is 11.7. The normalized spacial score (nSPS) is 19.7. The maximum absolute atomic E-state index is 4.04. The van der Waals surface area contributed by atoms with Crippen molar-refractivity contribution in [1.29, 1.82) is 0 Å².